The predicted octanol–water partition coefficient (Wildman–Crippen LogP) is 1.53. The summed E-state index contributed by atoms with van der Waals surface area (Å²) in [6.07, 6.45) is 2.17. The first-order valence-corrected chi connectivity index (χ1v) is 6.35. The molecule has 0 radical (unpaired) electrons. The van der Waals surface area contributed by atoms with E-state index in [4.69, 9.17) is 4.74 Å². The number of rotatable bonds is 6. The number of ether oxygens (including phenoxy) is 1. The van der Waals surface area contributed by atoms with E-state index in [1.54, 1.807) is 13.8 Å². The van der Waals surface area contributed by atoms with Gasteiger partial charge in [0.2, 0.25) is 5.95 Å². The van der Waals surface area contributed by atoms with Crippen LogP contribution in [-0.4, -0.2) is 39.8 Å². The minimum atomic E-state index is -0.474. The number of esters is 1. The number of aromatic nitrogens is 2. The molecule has 1 aromatic heterocycles. The molecule has 0 bridgehead atoms. The van der Waals surface area contributed by atoms with Crippen molar-refractivity contribution in [3.05, 3.63) is 17.5 Å². The van der Waals surface area contributed by atoms with Gasteiger partial charge < -0.3 is 15.2 Å². The van der Waals surface area contributed by atoms with Crippen molar-refractivity contribution in [1.29, 1.82) is 0 Å². The number of aliphatic hydroxyl groups is 1. The van der Waals surface area contributed by atoms with Gasteiger partial charge in [0, 0.05) is 6.20 Å². The number of carbonyl (C=O) groups excluding carboxylic acids is 1. The summed E-state index contributed by atoms with van der Waals surface area (Å²) in [5.74, 6) is -0.0316. The van der Waals surface area contributed by atoms with E-state index in [0.29, 0.717) is 23.8 Å². The van der Waals surface area contributed by atoms with E-state index in [-0.39, 0.29) is 6.61 Å². The first kappa shape index (κ1) is 15.4. The SMILES string of the molecule is CCOC(=O)c1cnc(NC(C)(CC)CO)nc1C. The summed E-state index contributed by atoms with van der Waals surface area (Å²) in [5, 5.41) is 12.4. The van der Waals surface area contributed by atoms with Crippen molar-refractivity contribution in [1.82, 2.24) is 9.97 Å². The van der Waals surface area contributed by atoms with E-state index in [1.807, 2.05) is 13.8 Å². The Balaban J connectivity index is 2.91. The van der Waals surface area contributed by atoms with E-state index in [0.717, 1.165) is 6.42 Å². The fraction of sp³-hybridized carbons (Fsp3) is 0.615. The van der Waals surface area contributed by atoms with Gasteiger partial charge in [-0.15, -0.1) is 0 Å². The third-order valence-electron chi connectivity index (χ3n) is 3.02. The van der Waals surface area contributed by atoms with Crippen molar-refractivity contribution in [3.63, 3.8) is 0 Å². The Kier molecular flexibility index (Phi) is 5.23. The number of nitrogens with zero attached hydrogens (tertiary/aromatic N) is 2. The Morgan fingerprint density at radius 1 is 1.53 bits per heavy atom. The van der Waals surface area contributed by atoms with Crippen LogP contribution in [-0.2, 0) is 4.74 Å². The molecule has 1 unspecified atom stereocenters. The van der Waals surface area contributed by atoms with Crippen LogP contribution < -0.4 is 5.32 Å². The van der Waals surface area contributed by atoms with Crippen molar-refractivity contribution in [3.8, 4) is 0 Å². The molecular weight excluding hydrogens is 246 g/mol. The van der Waals surface area contributed by atoms with Crippen LogP contribution in [0.15, 0.2) is 6.20 Å². The molecule has 0 amide bonds. The van der Waals surface area contributed by atoms with Crippen LogP contribution in [0.1, 0.15) is 43.2 Å². The van der Waals surface area contributed by atoms with Crippen molar-refractivity contribution >= 4 is 11.9 Å². The van der Waals surface area contributed by atoms with Crippen LogP contribution >= 0.6 is 0 Å². The molecule has 0 spiro atoms. The van der Waals surface area contributed by atoms with E-state index in [9.17, 15) is 9.90 Å². The quantitative estimate of drug-likeness (QED) is 0.760. The monoisotopic (exact) mass is 267 g/mol. The molecule has 0 fully saturated rings. The van der Waals surface area contributed by atoms with Crippen molar-refractivity contribution in [2.24, 2.45) is 0 Å². The zero-order valence-corrected chi connectivity index (χ0v) is 11.9. The lowest BCUT2D eigenvalue weighted by Gasteiger charge is -2.27. The molecule has 19 heavy (non-hydrogen) atoms. The molecule has 6 heteroatoms. The zero-order valence-electron chi connectivity index (χ0n) is 11.9. The molecule has 0 saturated carbocycles. The Labute approximate surface area is 113 Å². The third kappa shape index (κ3) is 3.89. The first-order valence-electron chi connectivity index (χ1n) is 6.35. The second-order valence-corrected chi connectivity index (χ2v) is 4.61. The van der Waals surface area contributed by atoms with Crippen LogP contribution in [0, 0.1) is 6.92 Å². The van der Waals surface area contributed by atoms with Crippen LogP contribution in [0.5, 0.6) is 0 Å². The van der Waals surface area contributed by atoms with E-state index in [2.05, 4.69) is 15.3 Å². The van der Waals surface area contributed by atoms with Gasteiger partial charge in [-0.1, -0.05) is 6.92 Å². The van der Waals surface area contributed by atoms with Crippen molar-refractivity contribution in [2.45, 2.75) is 39.7 Å². The predicted molar refractivity (Wildman–Crippen MR) is 72.1 cm³/mol. The Morgan fingerprint density at radius 3 is 2.68 bits per heavy atom. The number of aryl methyl sites for hydroxylation is 1. The number of hydrogen-bond donors (Lipinski definition) is 2. The smallest absolute Gasteiger partial charge is 0.341 e. The van der Waals surface area contributed by atoms with Crippen molar-refractivity contribution in [2.75, 3.05) is 18.5 Å². The fourth-order valence-electron chi connectivity index (χ4n) is 1.45. The fourth-order valence-corrected chi connectivity index (χ4v) is 1.45. The van der Waals surface area contributed by atoms with Gasteiger partial charge in [0.15, 0.2) is 0 Å². The van der Waals surface area contributed by atoms with Gasteiger partial charge in [-0.2, -0.15) is 0 Å². The standard InChI is InChI=1S/C13H21N3O3/c1-5-13(4,8-17)16-12-14-7-10(9(3)15-12)11(18)19-6-2/h7,17H,5-6,8H2,1-4H3,(H,14,15,16). The normalized spacial score (nSPS) is 13.7. The highest BCUT2D eigenvalue weighted by Gasteiger charge is 2.22. The largest absolute Gasteiger partial charge is 0.462 e. The maximum Gasteiger partial charge on any atom is 0.341 e. The first-order chi connectivity index (χ1) is 8.95. The van der Waals surface area contributed by atoms with E-state index < -0.39 is 11.5 Å². The third-order valence-corrected chi connectivity index (χ3v) is 3.02. The highest BCUT2D eigenvalue weighted by Crippen LogP contribution is 2.16. The summed E-state index contributed by atoms with van der Waals surface area (Å²) in [6, 6.07) is 0. The minimum absolute atomic E-state index is 0.0223. The van der Waals surface area contributed by atoms with Gasteiger partial charge in [-0.3, -0.25) is 0 Å². The summed E-state index contributed by atoms with van der Waals surface area (Å²) in [5.41, 5.74) is 0.430. The summed E-state index contributed by atoms with van der Waals surface area (Å²) in [4.78, 5) is 19.9. The van der Waals surface area contributed by atoms with Crippen LogP contribution in [0.3, 0.4) is 0 Å². The van der Waals surface area contributed by atoms with Crippen LogP contribution in [0.25, 0.3) is 0 Å². The molecule has 2 N–H and O–H groups in total. The molecule has 0 aliphatic carbocycles. The average Bonchev–Trinajstić information content (AvgIpc) is 2.39. The molecule has 106 valence electrons. The maximum atomic E-state index is 11.6. The maximum absolute atomic E-state index is 11.6. The minimum Gasteiger partial charge on any atom is -0.462 e. The Hall–Kier alpha value is -1.69. The second kappa shape index (κ2) is 6.47. The highest BCUT2D eigenvalue weighted by atomic mass is 16.5. The lowest BCUT2D eigenvalue weighted by Crippen LogP contribution is -2.38. The van der Waals surface area contributed by atoms with Crippen LogP contribution in [0.2, 0.25) is 0 Å². The molecule has 0 saturated heterocycles. The summed E-state index contributed by atoms with van der Waals surface area (Å²) in [7, 11) is 0. The lowest BCUT2D eigenvalue weighted by molar-refractivity contribution is 0.0524. The molecule has 1 atom stereocenters. The Morgan fingerprint density at radius 2 is 2.21 bits per heavy atom. The molecular formula is C13H21N3O3. The van der Waals surface area contributed by atoms with Gasteiger partial charge in [-0.25, -0.2) is 14.8 Å². The van der Waals surface area contributed by atoms with Gasteiger partial charge in [0.25, 0.3) is 0 Å². The second-order valence-electron chi connectivity index (χ2n) is 4.61. The summed E-state index contributed by atoms with van der Waals surface area (Å²) < 4.78 is 4.91. The van der Waals surface area contributed by atoms with E-state index >= 15 is 0 Å². The topological polar surface area (TPSA) is 84.3 Å². The van der Waals surface area contributed by atoms with Gasteiger partial charge in [0.05, 0.1) is 30.0 Å². The van der Waals surface area contributed by atoms with Gasteiger partial charge in [0.1, 0.15) is 0 Å². The number of aliphatic hydroxyl groups excluding tert-OH is 1. The van der Waals surface area contributed by atoms with Gasteiger partial charge >= 0.3 is 5.97 Å². The van der Waals surface area contributed by atoms with Crippen molar-refractivity contribution < 1.29 is 14.6 Å². The molecule has 0 aromatic carbocycles. The number of anilines is 1. The van der Waals surface area contributed by atoms with Gasteiger partial charge in [-0.05, 0) is 27.2 Å². The lowest BCUT2D eigenvalue weighted by atomic mass is 10.0. The molecule has 0 aliphatic heterocycles. The molecule has 6 nitrogen and oxygen atoms in total. The summed E-state index contributed by atoms with van der Waals surface area (Å²) in [6.45, 7) is 7.61. The number of hydrogen-bond acceptors (Lipinski definition) is 6. The number of carbonyl (C=O) groups is 1. The highest BCUT2D eigenvalue weighted by molar-refractivity contribution is 5.90. The number of nitrogens with one attached hydrogen (secondary N) is 1. The van der Waals surface area contributed by atoms with Crippen LogP contribution in [0.4, 0.5) is 5.95 Å². The molecule has 1 rings (SSSR count). The zero-order chi connectivity index (χ0) is 14.5. The average molecular weight is 267 g/mol. The van der Waals surface area contributed by atoms with E-state index in [1.165, 1.54) is 6.20 Å². The summed E-state index contributed by atoms with van der Waals surface area (Å²) >= 11 is 0. The molecule has 1 heterocycles. The Bertz CT molecular complexity index is 445. The molecule has 1 aromatic rings. The molecule has 0 aliphatic rings.